The first-order chi connectivity index (χ1) is 21.2. The van der Waals surface area contributed by atoms with Gasteiger partial charge in [0.15, 0.2) is 0 Å². The number of amides is 1. The number of sulfonamides is 2. The van der Waals surface area contributed by atoms with Crippen LogP contribution < -0.4 is 4.90 Å². The van der Waals surface area contributed by atoms with Crippen molar-refractivity contribution in [3.05, 3.63) is 58.1 Å². The molecule has 0 saturated carbocycles. The van der Waals surface area contributed by atoms with E-state index in [1.807, 2.05) is 32.0 Å². The van der Waals surface area contributed by atoms with Gasteiger partial charge >= 0.3 is 0 Å². The first-order valence-corrected chi connectivity index (χ1v) is 19.7. The van der Waals surface area contributed by atoms with Gasteiger partial charge in [0.05, 0.1) is 21.2 Å². The first kappa shape index (κ1) is 36.1. The Morgan fingerprint density at radius 1 is 0.911 bits per heavy atom. The van der Waals surface area contributed by atoms with Crippen molar-refractivity contribution in [1.29, 1.82) is 0 Å². The summed E-state index contributed by atoms with van der Waals surface area (Å²) in [6.07, 6.45) is 6.02. The standard InChI is InChI=1S/C32H46Cl2N4O5S2/c1-24(2)35(3)45(42,43)29-9-6-25(7-10-29)22-26-12-18-36(19-13-26)16-5-17-38(28-8-11-30(33)31(34)23-28)32(39)27-14-20-37(21-15-27)44(4,40)41/h6-11,23-24,26-27H,5,12-22H2,1-4H3. The summed E-state index contributed by atoms with van der Waals surface area (Å²) in [5.74, 6) is 0.280. The lowest BCUT2D eigenvalue weighted by Crippen LogP contribution is -2.45. The molecule has 0 N–H and O–H groups in total. The van der Waals surface area contributed by atoms with E-state index in [0.29, 0.717) is 59.0 Å². The smallest absolute Gasteiger partial charge is 0.243 e. The van der Waals surface area contributed by atoms with Gasteiger partial charge in [-0.25, -0.2) is 21.1 Å². The minimum Gasteiger partial charge on any atom is -0.312 e. The Labute approximate surface area is 279 Å². The minimum atomic E-state index is -3.49. The van der Waals surface area contributed by atoms with Gasteiger partial charge in [0.2, 0.25) is 26.0 Å². The minimum absolute atomic E-state index is 0.00471. The van der Waals surface area contributed by atoms with Crippen molar-refractivity contribution in [1.82, 2.24) is 13.5 Å². The Kier molecular flexibility index (Phi) is 12.4. The molecule has 45 heavy (non-hydrogen) atoms. The van der Waals surface area contributed by atoms with Gasteiger partial charge in [-0.2, -0.15) is 4.31 Å². The van der Waals surface area contributed by atoms with E-state index in [0.717, 1.165) is 50.9 Å². The zero-order valence-electron chi connectivity index (χ0n) is 26.7. The summed E-state index contributed by atoms with van der Waals surface area (Å²) in [6.45, 7) is 7.75. The fourth-order valence-electron chi connectivity index (χ4n) is 6.12. The fraction of sp³-hybridized carbons (Fsp3) is 0.594. The number of anilines is 1. The molecule has 0 bridgehead atoms. The predicted molar refractivity (Wildman–Crippen MR) is 182 cm³/mol. The zero-order chi connectivity index (χ0) is 32.9. The van der Waals surface area contributed by atoms with E-state index in [9.17, 15) is 21.6 Å². The maximum absolute atomic E-state index is 13.7. The molecule has 9 nitrogen and oxygen atoms in total. The normalized spacial score (nSPS) is 18.1. The van der Waals surface area contributed by atoms with Crippen LogP contribution >= 0.6 is 23.2 Å². The number of likely N-dealkylation sites (tertiary alicyclic amines) is 1. The summed E-state index contributed by atoms with van der Waals surface area (Å²) in [7, 11) is -5.15. The van der Waals surface area contributed by atoms with Gasteiger partial charge in [-0.15, -0.1) is 0 Å². The summed E-state index contributed by atoms with van der Waals surface area (Å²) < 4.78 is 52.3. The summed E-state index contributed by atoms with van der Waals surface area (Å²) in [5, 5.41) is 0.817. The number of carbonyl (C=O) groups is 1. The van der Waals surface area contributed by atoms with Gasteiger partial charge in [0.25, 0.3) is 0 Å². The predicted octanol–water partition coefficient (Wildman–Crippen LogP) is 5.37. The number of carbonyl (C=O) groups excluding carboxylic acids is 1. The van der Waals surface area contributed by atoms with Crippen molar-refractivity contribution in [3.8, 4) is 0 Å². The van der Waals surface area contributed by atoms with Crippen LogP contribution in [0.3, 0.4) is 0 Å². The molecule has 13 heteroatoms. The molecule has 2 aliphatic heterocycles. The van der Waals surface area contributed by atoms with Gasteiger partial charge in [0, 0.05) is 44.3 Å². The van der Waals surface area contributed by atoms with E-state index < -0.39 is 20.0 Å². The number of nitrogens with zero attached hydrogens (tertiary/aromatic N) is 4. The van der Waals surface area contributed by atoms with Crippen molar-refractivity contribution < 1.29 is 21.6 Å². The highest BCUT2D eigenvalue weighted by Crippen LogP contribution is 2.30. The second kappa shape index (κ2) is 15.4. The average molecular weight is 702 g/mol. The highest BCUT2D eigenvalue weighted by Gasteiger charge is 2.32. The van der Waals surface area contributed by atoms with Crippen molar-refractivity contribution >= 4 is 54.8 Å². The van der Waals surface area contributed by atoms with Crippen LogP contribution in [0.1, 0.15) is 51.5 Å². The Bertz CT molecular complexity index is 1520. The number of benzene rings is 2. The number of piperidine rings is 2. The van der Waals surface area contributed by atoms with Crippen LogP contribution in [0.5, 0.6) is 0 Å². The van der Waals surface area contributed by atoms with Crippen LogP contribution in [-0.2, 0) is 31.3 Å². The first-order valence-electron chi connectivity index (χ1n) is 15.7. The largest absolute Gasteiger partial charge is 0.312 e. The van der Waals surface area contributed by atoms with Crippen molar-refractivity contribution in [2.45, 2.75) is 63.3 Å². The second-order valence-corrected chi connectivity index (χ2v) is 17.4. The van der Waals surface area contributed by atoms with Crippen LogP contribution in [0.25, 0.3) is 0 Å². The number of rotatable bonds is 12. The molecule has 2 aromatic rings. The highest BCUT2D eigenvalue weighted by atomic mass is 35.5. The molecule has 1 amide bonds. The van der Waals surface area contributed by atoms with Gasteiger partial charge in [0.1, 0.15) is 0 Å². The Morgan fingerprint density at radius 2 is 1.53 bits per heavy atom. The van der Waals surface area contributed by atoms with E-state index >= 15 is 0 Å². The van der Waals surface area contributed by atoms with Gasteiger partial charge in [-0.05, 0) is 114 Å². The van der Waals surface area contributed by atoms with Gasteiger partial charge < -0.3 is 9.80 Å². The van der Waals surface area contributed by atoms with E-state index in [1.54, 1.807) is 36.2 Å². The Balaban J connectivity index is 1.29. The molecule has 2 fully saturated rings. The van der Waals surface area contributed by atoms with E-state index in [2.05, 4.69) is 4.90 Å². The van der Waals surface area contributed by atoms with Crippen LogP contribution in [0.15, 0.2) is 47.4 Å². The van der Waals surface area contributed by atoms with Gasteiger partial charge in [-0.1, -0.05) is 35.3 Å². The monoisotopic (exact) mass is 700 g/mol. The highest BCUT2D eigenvalue weighted by molar-refractivity contribution is 7.89. The summed E-state index contributed by atoms with van der Waals surface area (Å²) >= 11 is 12.5. The van der Waals surface area contributed by atoms with Crippen LogP contribution in [-0.4, -0.2) is 94.9 Å². The van der Waals surface area contributed by atoms with E-state index in [-0.39, 0.29) is 17.9 Å². The number of hydrogen-bond donors (Lipinski definition) is 0. The molecule has 4 rings (SSSR count). The molecular formula is C32H46Cl2N4O5S2. The molecule has 0 radical (unpaired) electrons. The Morgan fingerprint density at radius 3 is 2.09 bits per heavy atom. The molecule has 2 aliphatic rings. The molecular weight excluding hydrogens is 655 g/mol. The molecule has 0 atom stereocenters. The lowest BCUT2D eigenvalue weighted by Gasteiger charge is -2.35. The number of halogens is 2. The quantitative estimate of drug-likeness (QED) is 0.295. The van der Waals surface area contributed by atoms with Crippen LogP contribution in [0, 0.1) is 11.8 Å². The van der Waals surface area contributed by atoms with Gasteiger partial charge in [-0.3, -0.25) is 4.79 Å². The van der Waals surface area contributed by atoms with Crippen LogP contribution in [0.2, 0.25) is 10.0 Å². The molecule has 0 spiro atoms. The zero-order valence-corrected chi connectivity index (χ0v) is 29.8. The molecule has 0 aliphatic carbocycles. The maximum atomic E-state index is 13.7. The topological polar surface area (TPSA) is 98.3 Å². The third-order valence-electron chi connectivity index (χ3n) is 9.17. The summed E-state index contributed by atoms with van der Waals surface area (Å²) in [5.41, 5.74) is 1.85. The molecule has 0 aromatic heterocycles. The molecule has 250 valence electrons. The fourth-order valence-corrected chi connectivity index (χ4v) is 8.65. The van der Waals surface area contributed by atoms with Crippen molar-refractivity contribution in [3.63, 3.8) is 0 Å². The molecule has 2 heterocycles. The summed E-state index contributed by atoms with van der Waals surface area (Å²) in [6, 6.07) is 12.4. The third-order valence-corrected chi connectivity index (χ3v) is 13.3. The Hall–Kier alpha value is -1.73. The SMILES string of the molecule is CC(C)N(C)S(=O)(=O)c1ccc(CC2CCN(CCCN(C(=O)C3CCN(S(C)(=O)=O)CC3)c3ccc(Cl)c(Cl)c3)CC2)cc1. The summed E-state index contributed by atoms with van der Waals surface area (Å²) in [4.78, 5) is 18.3. The van der Waals surface area contributed by atoms with Crippen molar-refractivity contribution in [2.75, 3.05) is 57.5 Å². The second-order valence-electron chi connectivity index (χ2n) is 12.6. The molecule has 0 unspecified atom stereocenters. The maximum Gasteiger partial charge on any atom is 0.243 e. The lowest BCUT2D eigenvalue weighted by atomic mass is 9.90. The third kappa shape index (κ3) is 9.43. The molecule has 2 saturated heterocycles. The molecule has 2 aromatic carbocycles. The lowest BCUT2D eigenvalue weighted by molar-refractivity contribution is -0.123. The van der Waals surface area contributed by atoms with E-state index in [1.165, 1.54) is 14.9 Å². The van der Waals surface area contributed by atoms with Crippen molar-refractivity contribution in [2.24, 2.45) is 11.8 Å². The average Bonchev–Trinajstić information content (AvgIpc) is 3.01. The van der Waals surface area contributed by atoms with E-state index in [4.69, 9.17) is 23.2 Å². The number of hydrogen-bond acceptors (Lipinski definition) is 6. The van der Waals surface area contributed by atoms with Crippen LogP contribution in [0.4, 0.5) is 5.69 Å².